The minimum Gasteiger partial charge on any atom is -0.518 e. The molecule has 0 aliphatic heterocycles. The van der Waals surface area contributed by atoms with Gasteiger partial charge in [-0.1, -0.05) is 27.7 Å². The molecule has 1 atom stereocenters. The molecule has 5 nitrogen and oxygen atoms in total. The molecule has 0 aromatic heterocycles. The Kier molecular flexibility index (Phi) is 6.35. The lowest BCUT2D eigenvalue weighted by atomic mass is 10.3. The largest absolute Gasteiger partial charge is 0.518 e. The van der Waals surface area contributed by atoms with Gasteiger partial charge < -0.3 is 4.43 Å². The molecule has 0 rings (SSSR count). The van der Waals surface area contributed by atoms with Crippen LogP contribution in [-0.2, 0) is 19.3 Å². The van der Waals surface area contributed by atoms with Gasteiger partial charge in [0.1, 0.15) is 0 Å². The summed E-state index contributed by atoms with van der Waals surface area (Å²) in [5.41, 5.74) is 0. The van der Waals surface area contributed by atoms with E-state index in [1.54, 1.807) is 0 Å². The third kappa shape index (κ3) is 4.40. The first-order chi connectivity index (χ1) is 7.76. The van der Waals surface area contributed by atoms with Crippen LogP contribution in [0.2, 0.25) is 18.1 Å². The Balaban J connectivity index is 4.95. The van der Waals surface area contributed by atoms with Crippen molar-refractivity contribution in [2.45, 2.75) is 57.5 Å². The van der Waals surface area contributed by atoms with Crippen LogP contribution in [0.1, 0.15) is 34.1 Å². The highest BCUT2D eigenvalue weighted by Gasteiger charge is 2.38. The number of carbonyl (C=O) groups is 1. The van der Waals surface area contributed by atoms with Gasteiger partial charge >= 0.3 is 5.97 Å². The highest BCUT2D eigenvalue weighted by Crippen LogP contribution is 2.23. The Morgan fingerprint density at radius 2 is 1.59 bits per heavy atom. The van der Waals surface area contributed by atoms with E-state index in [1.165, 1.54) is 6.92 Å². The second-order valence-corrected chi connectivity index (χ2v) is 10.4. The van der Waals surface area contributed by atoms with E-state index < -0.39 is 29.7 Å². The summed E-state index contributed by atoms with van der Waals surface area (Å²) in [4.78, 5) is 11.8. The van der Waals surface area contributed by atoms with E-state index in [0.29, 0.717) is 0 Å². The van der Waals surface area contributed by atoms with Crippen LogP contribution in [0.3, 0.4) is 0 Å². The molecule has 0 amide bonds. The molecular formula is C10H22O5SSi. The van der Waals surface area contributed by atoms with Crippen molar-refractivity contribution in [3.8, 4) is 0 Å². The van der Waals surface area contributed by atoms with Gasteiger partial charge in [-0.25, -0.2) is 0 Å². The number of hydrogen-bond donors (Lipinski definition) is 1. The average Bonchev–Trinajstić information content (AvgIpc) is 2.25. The van der Waals surface area contributed by atoms with Crippen LogP contribution >= 0.6 is 0 Å². The number of rotatable bonds is 7. The molecule has 1 unspecified atom stereocenters. The van der Waals surface area contributed by atoms with E-state index in [1.807, 2.05) is 20.8 Å². The molecule has 0 aliphatic carbocycles. The molecule has 7 heteroatoms. The third-order valence-corrected chi connectivity index (χ3v) is 8.99. The van der Waals surface area contributed by atoms with Crippen molar-refractivity contribution in [2.75, 3.05) is 0 Å². The number of hydrogen-bond acceptors (Lipinski definition) is 4. The summed E-state index contributed by atoms with van der Waals surface area (Å²) >= 11 is 0. The topological polar surface area (TPSA) is 80.7 Å². The van der Waals surface area contributed by atoms with Gasteiger partial charge in [-0.05, 0) is 24.6 Å². The fourth-order valence-electron chi connectivity index (χ4n) is 1.74. The standard InChI is InChI=1S/C10H22O5SSi/c1-5-9(16(12,13)14)10(11)15-17(6-2,7-3)8-4/h9H,5-8H2,1-4H3,(H,12,13,14). The Morgan fingerprint density at radius 3 is 1.82 bits per heavy atom. The zero-order valence-corrected chi connectivity index (χ0v) is 12.7. The first kappa shape index (κ1) is 16.6. The maximum absolute atomic E-state index is 11.8. The van der Waals surface area contributed by atoms with Crippen LogP contribution in [0.25, 0.3) is 0 Å². The first-order valence-electron chi connectivity index (χ1n) is 5.95. The maximum atomic E-state index is 11.8. The van der Waals surface area contributed by atoms with E-state index >= 15 is 0 Å². The molecule has 17 heavy (non-hydrogen) atoms. The lowest BCUT2D eigenvalue weighted by molar-refractivity contribution is -0.135. The predicted molar refractivity (Wildman–Crippen MR) is 68.9 cm³/mol. The Bertz CT molecular complexity index is 339. The summed E-state index contributed by atoms with van der Waals surface area (Å²) in [7, 11) is -6.53. The zero-order valence-electron chi connectivity index (χ0n) is 10.9. The van der Waals surface area contributed by atoms with Gasteiger partial charge in [-0.2, -0.15) is 8.42 Å². The summed E-state index contributed by atoms with van der Waals surface area (Å²) in [6, 6.07) is 2.27. The summed E-state index contributed by atoms with van der Waals surface area (Å²) in [6.45, 7) is 7.37. The Hall–Kier alpha value is -0.403. The summed E-state index contributed by atoms with van der Waals surface area (Å²) in [5.74, 6) is -0.799. The van der Waals surface area contributed by atoms with Crippen LogP contribution in [0.15, 0.2) is 0 Å². The molecule has 0 aromatic rings. The van der Waals surface area contributed by atoms with Crippen LogP contribution in [0, 0.1) is 0 Å². The normalized spacial score (nSPS) is 14.4. The highest BCUT2D eigenvalue weighted by atomic mass is 32.2. The van der Waals surface area contributed by atoms with Crippen molar-refractivity contribution >= 4 is 24.4 Å². The average molecular weight is 282 g/mol. The smallest absolute Gasteiger partial charge is 0.313 e. The van der Waals surface area contributed by atoms with Crippen molar-refractivity contribution in [3.63, 3.8) is 0 Å². The summed E-state index contributed by atoms with van der Waals surface area (Å²) < 4.78 is 36.4. The van der Waals surface area contributed by atoms with Crippen LogP contribution in [0.5, 0.6) is 0 Å². The van der Waals surface area contributed by atoms with Crippen molar-refractivity contribution in [1.82, 2.24) is 0 Å². The van der Waals surface area contributed by atoms with Crippen molar-refractivity contribution in [2.24, 2.45) is 0 Å². The molecule has 0 aromatic carbocycles. The quantitative estimate of drug-likeness (QED) is 0.572. The lowest BCUT2D eigenvalue weighted by Gasteiger charge is -2.28. The monoisotopic (exact) mass is 282 g/mol. The van der Waals surface area contributed by atoms with Gasteiger partial charge in [0.05, 0.1) is 0 Å². The van der Waals surface area contributed by atoms with E-state index in [9.17, 15) is 13.2 Å². The van der Waals surface area contributed by atoms with Gasteiger partial charge in [-0.15, -0.1) is 0 Å². The lowest BCUT2D eigenvalue weighted by Crippen LogP contribution is -2.43. The van der Waals surface area contributed by atoms with Crippen LogP contribution in [0.4, 0.5) is 0 Å². The predicted octanol–water partition coefficient (Wildman–Crippen LogP) is 2.20. The third-order valence-electron chi connectivity index (χ3n) is 3.24. The fraction of sp³-hybridized carbons (Fsp3) is 0.900. The number of carbonyl (C=O) groups excluding carboxylic acids is 1. The molecule has 0 spiro atoms. The van der Waals surface area contributed by atoms with Gasteiger partial charge in [0, 0.05) is 0 Å². The van der Waals surface area contributed by atoms with E-state index in [-0.39, 0.29) is 6.42 Å². The van der Waals surface area contributed by atoms with Crippen molar-refractivity contribution < 1.29 is 22.2 Å². The molecular weight excluding hydrogens is 260 g/mol. The molecule has 0 heterocycles. The van der Waals surface area contributed by atoms with Gasteiger partial charge in [0.15, 0.2) is 5.25 Å². The minimum atomic E-state index is -4.36. The maximum Gasteiger partial charge on any atom is 0.313 e. The molecule has 1 N–H and O–H groups in total. The van der Waals surface area contributed by atoms with E-state index in [2.05, 4.69) is 0 Å². The van der Waals surface area contributed by atoms with Crippen LogP contribution in [-0.4, -0.2) is 32.5 Å². The second kappa shape index (κ2) is 6.51. The summed E-state index contributed by atoms with van der Waals surface area (Å²) in [5, 5.41) is -1.45. The van der Waals surface area contributed by atoms with E-state index in [0.717, 1.165) is 18.1 Å². The molecule has 0 bridgehead atoms. The minimum absolute atomic E-state index is 0.0271. The molecule has 0 fully saturated rings. The van der Waals surface area contributed by atoms with Crippen LogP contribution < -0.4 is 0 Å². The van der Waals surface area contributed by atoms with Gasteiger partial charge in [0.2, 0.25) is 0 Å². The molecule has 0 saturated carbocycles. The molecule has 0 radical (unpaired) electrons. The van der Waals surface area contributed by atoms with E-state index in [4.69, 9.17) is 8.98 Å². The van der Waals surface area contributed by atoms with Gasteiger partial charge in [-0.3, -0.25) is 9.35 Å². The van der Waals surface area contributed by atoms with Gasteiger partial charge in [0.25, 0.3) is 18.4 Å². The first-order valence-corrected chi connectivity index (χ1v) is 9.98. The van der Waals surface area contributed by atoms with Crippen molar-refractivity contribution in [1.29, 1.82) is 0 Å². The second-order valence-electron chi connectivity index (χ2n) is 4.08. The highest BCUT2D eigenvalue weighted by molar-refractivity contribution is 7.87. The zero-order chi connectivity index (χ0) is 13.7. The molecule has 0 aliphatic rings. The summed E-state index contributed by atoms with van der Waals surface area (Å²) in [6.07, 6.45) is 0.0271. The van der Waals surface area contributed by atoms with Crippen molar-refractivity contribution in [3.05, 3.63) is 0 Å². The Morgan fingerprint density at radius 1 is 1.18 bits per heavy atom. The Labute approximate surface area is 104 Å². The molecule has 0 saturated heterocycles. The fourth-order valence-corrected chi connectivity index (χ4v) is 5.04. The SMILES string of the molecule is CCC(C(=O)O[Si](CC)(CC)CC)S(=O)(=O)O. The molecule has 102 valence electrons.